The van der Waals surface area contributed by atoms with E-state index in [0.717, 1.165) is 43.0 Å². The second-order valence-electron chi connectivity index (χ2n) is 5.10. The topological polar surface area (TPSA) is 76.2 Å². The van der Waals surface area contributed by atoms with Gasteiger partial charge in [-0.05, 0) is 6.07 Å². The first-order valence-electron chi connectivity index (χ1n) is 6.88. The number of aryl methyl sites for hydroxylation is 1. The van der Waals surface area contributed by atoms with Crippen LogP contribution in [-0.4, -0.2) is 40.9 Å². The highest BCUT2D eigenvalue weighted by atomic mass is 35.5. The molecule has 1 aromatic heterocycles. The molecule has 7 nitrogen and oxygen atoms in total. The van der Waals surface area contributed by atoms with Crippen molar-refractivity contribution in [3.63, 3.8) is 0 Å². The van der Waals surface area contributed by atoms with Crippen LogP contribution in [0.25, 0.3) is 11.1 Å². The van der Waals surface area contributed by atoms with Gasteiger partial charge in [-0.15, -0.1) is 12.4 Å². The number of piperazine rings is 1. The molecular weight excluding hydrogens is 306 g/mol. The van der Waals surface area contributed by atoms with Crippen molar-refractivity contribution >= 4 is 23.8 Å². The molecule has 0 saturated carbocycles. The van der Waals surface area contributed by atoms with Crippen molar-refractivity contribution in [1.29, 1.82) is 0 Å². The number of halogens is 1. The van der Waals surface area contributed by atoms with E-state index in [1.165, 1.54) is 0 Å². The van der Waals surface area contributed by atoms with Crippen molar-refractivity contribution in [2.45, 2.75) is 0 Å². The average Bonchev–Trinajstić information content (AvgIpc) is 2.94. The number of nitro groups is 1. The van der Waals surface area contributed by atoms with Crippen LogP contribution in [0.15, 0.2) is 30.6 Å². The van der Waals surface area contributed by atoms with Crippen LogP contribution < -0.4 is 10.2 Å². The molecule has 118 valence electrons. The Morgan fingerprint density at radius 3 is 2.64 bits per heavy atom. The molecule has 1 aromatic carbocycles. The Morgan fingerprint density at radius 2 is 2.05 bits per heavy atom. The minimum absolute atomic E-state index is 0. The zero-order valence-electron chi connectivity index (χ0n) is 12.2. The normalized spacial score (nSPS) is 14.5. The highest BCUT2D eigenvalue weighted by Gasteiger charge is 2.19. The first-order valence-corrected chi connectivity index (χ1v) is 6.88. The molecule has 1 fully saturated rings. The largest absolute Gasteiger partial charge is 0.368 e. The summed E-state index contributed by atoms with van der Waals surface area (Å²) >= 11 is 0. The Labute approximate surface area is 134 Å². The Hall–Kier alpha value is -2.12. The molecule has 2 heterocycles. The molecule has 8 heteroatoms. The average molecular weight is 324 g/mol. The lowest BCUT2D eigenvalue weighted by molar-refractivity contribution is -0.384. The van der Waals surface area contributed by atoms with Gasteiger partial charge in [-0.25, -0.2) is 0 Å². The Kier molecular flexibility index (Phi) is 4.99. The molecule has 1 aliphatic heterocycles. The van der Waals surface area contributed by atoms with E-state index in [9.17, 15) is 10.1 Å². The molecular formula is C14H18ClN5O2. The molecule has 0 radical (unpaired) electrons. The number of hydrogen-bond acceptors (Lipinski definition) is 5. The van der Waals surface area contributed by atoms with Crippen LogP contribution in [-0.2, 0) is 7.05 Å². The maximum absolute atomic E-state index is 11.0. The number of rotatable bonds is 3. The fourth-order valence-electron chi connectivity index (χ4n) is 2.61. The van der Waals surface area contributed by atoms with Gasteiger partial charge in [0.1, 0.15) is 0 Å². The summed E-state index contributed by atoms with van der Waals surface area (Å²) in [5.41, 5.74) is 2.89. The van der Waals surface area contributed by atoms with Crippen LogP contribution in [0.5, 0.6) is 0 Å². The van der Waals surface area contributed by atoms with Gasteiger partial charge < -0.3 is 10.2 Å². The van der Waals surface area contributed by atoms with Crippen LogP contribution in [0, 0.1) is 10.1 Å². The minimum atomic E-state index is -0.360. The summed E-state index contributed by atoms with van der Waals surface area (Å²) in [5, 5.41) is 18.5. The van der Waals surface area contributed by atoms with Crippen molar-refractivity contribution in [3.8, 4) is 11.1 Å². The van der Waals surface area contributed by atoms with Gasteiger partial charge in [-0.3, -0.25) is 14.8 Å². The second-order valence-corrected chi connectivity index (χ2v) is 5.10. The smallest absolute Gasteiger partial charge is 0.270 e. The van der Waals surface area contributed by atoms with E-state index in [1.54, 1.807) is 23.0 Å². The van der Waals surface area contributed by atoms with Crippen LogP contribution in [0.4, 0.5) is 11.4 Å². The standard InChI is InChI=1S/C14H17N5O2.ClH/c1-17-10-11(9-16-17)13-8-12(19(20)21)2-3-14(13)18-6-4-15-5-7-18;/h2-3,8-10,15H,4-7H2,1H3;1H. The summed E-state index contributed by atoms with van der Waals surface area (Å²) < 4.78 is 1.70. The van der Waals surface area contributed by atoms with E-state index in [0.29, 0.717) is 0 Å². The molecule has 0 amide bonds. The summed E-state index contributed by atoms with van der Waals surface area (Å²) in [4.78, 5) is 12.9. The van der Waals surface area contributed by atoms with E-state index < -0.39 is 0 Å². The SMILES string of the molecule is Cl.Cn1cc(-c2cc([N+](=O)[O-])ccc2N2CCNCC2)cn1. The molecule has 0 spiro atoms. The Bertz CT molecular complexity index is 667. The number of anilines is 1. The number of nitrogens with one attached hydrogen (secondary N) is 1. The van der Waals surface area contributed by atoms with Crippen LogP contribution in [0.1, 0.15) is 0 Å². The fraction of sp³-hybridized carbons (Fsp3) is 0.357. The maximum Gasteiger partial charge on any atom is 0.270 e. The second kappa shape index (κ2) is 6.76. The maximum atomic E-state index is 11.0. The number of non-ortho nitro benzene ring substituents is 1. The summed E-state index contributed by atoms with van der Waals surface area (Å²) in [6, 6.07) is 5.04. The first-order chi connectivity index (χ1) is 10.1. The molecule has 1 saturated heterocycles. The zero-order chi connectivity index (χ0) is 14.8. The van der Waals surface area contributed by atoms with Gasteiger partial charge in [0.2, 0.25) is 0 Å². The molecule has 0 atom stereocenters. The Balaban J connectivity index is 0.00000176. The van der Waals surface area contributed by atoms with E-state index in [2.05, 4.69) is 15.3 Å². The fourth-order valence-corrected chi connectivity index (χ4v) is 2.61. The van der Waals surface area contributed by atoms with Crippen molar-refractivity contribution < 1.29 is 4.92 Å². The molecule has 1 N–H and O–H groups in total. The van der Waals surface area contributed by atoms with Crippen LogP contribution in [0.2, 0.25) is 0 Å². The van der Waals surface area contributed by atoms with Crippen molar-refractivity contribution in [2.75, 3.05) is 31.1 Å². The van der Waals surface area contributed by atoms with Crippen LogP contribution in [0.3, 0.4) is 0 Å². The number of hydrogen-bond donors (Lipinski definition) is 1. The first kappa shape index (κ1) is 16.3. The number of nitro benzene ring substituents is 1. The van der Waals surface area contributed by atoms with E-state index in [4.69, 9.17) is 0 Å². The summed E-state index contributed by atoms with van der Waals surface area (Å²) in [6.45, 7) is 3.63. The third kappa shape index (κ3) is 3.20. The predicted molar refractivity (Wildman–Crippen MR) is 87.6 cm³/mol. The zero-order valence-corrected chi connectivity index (χ0v) is 13.0. The number of benzene rings is 1. The van der Waals surface area contributed by atoms with Gasteiger partial charge in [-0.2, -0.15) is 5.10 Å². The lowest BCUT2D eigenvalue weighted by atomic mass is 10.0. The van der Waals surface area contributed by atoms with Crippen molar-refractivity contribution in [3.05, 3.63) is 40.7 Å². The summed E-state index contributed by atoms with van der Waals surface area (Å²) in [6.07, 6.45) is 3.62. The van der Waals surface area contributed by atoms with Crippen LogP contribution >= 0.6 is 12.4 Å². The van der Waals surface area contributed by atoms with Gasteiger partial charge in [0, 0.05) is 68.4 Å². The third-order valence-corrected chi connectivity index (χ3v) is 3.66. The summed E-state index contributed by atoms with van der Waals surface area (Å²) in [7, 11) is 1.84. The van der Waals surface area contributed by atoms with Crippen molar-refractivity contribution in [1.82, 2.24) is 15.1 Å². The summed E-state index contributed by atoms with van der Waals surface area (Å²) in [5.74, 6) is 0. The molecule has 3 rings (SSSR count). The van der Waals surface area contributed by atoms with Gasteiger partial charge in [0.15, 0.2) is 0 Å². The lowest BCUT2D eigenvalue weighted by Gasteiger charge is -2.31. The molecule has 0 aliphatic carbocycles. The molecule has 1 aliphatic rings. The number of aromatic nitrogens is 2. The van der Waals surface area contributed by atoms with E-state index in [-0.39, 0.29) is 23.0 Å². The minimum Gasteiger partial charge on any atom is -0.368 e. The monoisotopic (exact) mass is 323 g/mol. The van der Waals surface area contributed by atoms with Gasteiger partial charge in [-0.1, -0.05) is 0 Å². The van der Waals surface area contributed by atoms with Crippen molar-refractivity contribution in [2.24, 2.45) is 7.05 Å². The van der Waals surface area contributed by atoms with E-state index in [1.807, 2.05) is 19.3 Å². The lowest BCUT2D eigenvalue weighted by Crippen LogP contribution is -2.43. The quantitative estimate of drug-likeness (QED) is 0.689. The highest BCUT2D eigenvalue weighted by molar-refractivity contribution is 5.85. The molecule has 0 bridgehead atoms. The third-order valence-electron chi connectivity index (χ3n) is 3.66. The molecule has 22 heavy (non-hydrogen) atoms. The van der Waals surface area contributed by atoms with Gasteiger partial charge >= 0.3 is 0 Å². The van der Waals surface area contributed by atoms with E-state index >= 15 is 0 Å². The number of nitrogens with zero attached hydrogens (tertiary/aromatic N) is 4. The highest BCUT2D eigenvalue weighted by Crippen LogP contribution is 2.34. The molecule has 2 aromatic rings. The van der Waals surface area contributed by atoms with Gasteiger partial charge in [0.25, 0.3) is 5.69 Å². The molecule has 0 unspecified atom stereocenters. The van der Waals surface area contributed by atoms with Gasteiger partial charge in [0.05, 0.1) is 11.1 Å². The predicted octanol–water partition coefficient (Wildman–Crippen LogP) is 1.83. The Morgan fingerprint density at radius 1 is 1.32 bits per heavy atom.